The van der Waals surface area contributed by atoms with E-state index in [2.05, 4.69) is 10.1 Å². The molecule has 0 saturated carbocycles. The first-order valence-corrected chi connectivity index (χ1v) is 9.61. The van der Waals surface area contributed by atoms with E-state index in [-0.39, 0.29) is 11.8 Å². The predicted octanol–water partition coefficient (Wildman–Crippen LogP) is 3.83. The number of rotatable bonds is 4. The van der Waals surface area contributed by atoms with Crippen LogP contribution in [0.1, 0.15) is 22.2 Å². The van der Waals surface area contributed by atoms with Crippen molar-refractivity contribution in [1.82, 2.24) is 19.6 Å². The van der Waals surface area contributed by atoms with Crippen LogP contribution in [0.25, 0.3) is 17.1 Å². The van der Waals surface area contributed by atoms with Gasteiger partial charge in [0.15, 0.2) is 0 Å². The lowest BCUT2D eigenvalue weighted by Gasteiger charge is -2.37. The van der Waals surface area contributed by atoms with E-state index in [0.29, 0.717) is 30.4 Å². The average Bonchev–Trinajstić information content (AvgIpc) is 3.41. The van der Waals surface area contributed by atoms with E-state index in [1.165, 1.54) is 0 Å². The number of aromatic nitrogens is 3. The number of nitrogens with zero attached hydrogens (tertiary/aromatic N) is 4. The van der Waals surface area contributed by atoms with Crippen LogP contribution in [0.15, 0.2) is 70.1 Å². The van der Waals surface area contributed by atoms with E-state index in [1.54, 1.807) is 11.3 Å². The highest BCUT2D eigenvalue weighted by Crippen LogP contribution is 2.29. The van der Waals surface area contributed by atoms with Crippen molar-refractivity contribution in [3.05, 3.63) is 77.1 Å². The molecular weight excluding hydrogens is 360 g/mol. The van der Waals surface area contributed by atoms with Gasteiger partial charge in [0.25, 0.3) is 5.91 Å². The maximum atomic E-state index is 12.6. The molecule has 1 aromatic carbocycles. The van der Waals surface area contributed by atoms with Gasteiger partial charge in [-0.25, -0.2) is 0 Å². The molecule has 0 bridgehead atoms. The molecule has 0 radical (unpaired) electrons. The standard InChI is InChI=1S/C20H16N4O2S/c25-20(14-3-5-17(6-4-14)23-8-1-2-9-23)24-11-16(12-24)19-21-18(22-26-19)15-7-10-27-13-15/h1-10,13,16H,11-12H2. The molecule has 1 fully saturated rings. The van der Waals surface area contributed by atoms with Crippen molar-refractivity contribution in [1.29, 1.82) is 0 Å². The molecule has 4 heterocycles. The first-order valence-electron chi connectivity index (χ1n) is 8.67. The van der Waals surface area contributed by atoms with Gasteiger partial charge in [-0.2, -0.15) is 16.3 Å². The van der Waals surface area contributed by atoms with E-state index >= 15 is 0 Å². The monoisotopic (exact) mass is 376 g/mol. The van der Waals surface area contributed by atoms with Crippen molar-refractivity contribution in [2.24, 2.45) is 0 Å². The van der Waals surface area contributed by atoms with Gasteiger partial charge in [0, 0.05) is 47.7 Å². The minimum absolute atomic E-state index is 0.0304. The minimum Gasteiger partial charge on any atom is -0.339 e. The van der Waals surface area contributed by atoms with Gasteiger partial charge < -0.3 is 14.0 Å². The summed E-state index contributed by atoms with van der Waals surface area (Å²) >= 11 is 1.60. The highest BCUT2D eigenvalue weighted by molar-refractivity contribution is 7.08. The Morgan fingerprint density at radius 3 is 2.59 bits per heavy atom. The quantitative estimate of drug-likeness (QED) is 0.543. The van der Waals surface area contributed by atoms with Crippen LogP contribution < -0.4 is 0 Å². The molecule has 0 atom stereocenters. The number of carbonyl (C=O) groups is 1. The summed E-state index contributed by atoms with van der Waals surface area (Å²) < 4.78 is 7.39. The van der Waals surface area contributed by atoms with Crippen LogP contribution in [0, 0.1) is 0 Å². The molecular formula is C20H16N4O2S. The Morgan fingerprint density at radius 1 is 1.11 bits per heavy atom. The Labute approximate surface area is 159 Å². The van der Waals surface area contributed by atoms with Crippen molar-refractivity contribution in [3.63, 3.8) is 0 Å². The zero-order chi connectivity index (χ0) is 18.2. The fourth-order valence-electron chi connectivity index (χ4n) is 3.18. The van der Waals surface area contributed by atoms with Crippen LogP contribution in [0.4, 0.5) is 0 Å². The second-order valence-corrected chi connectivity index (χ2v) is 7.29. The van der Waals surface area contributed by atoms with Crippen LogP contribution in [0.5, 0.6) is 0 Å². The van der Waals surface area contributed by atoms with E-state index < -0.39 is 0 Å². The van der Waals surface area contributed by atoms with E-state index in [0.717, 1.165) is 11.3 Å². The molecule has 27 heavy (non-hydrogen) atoms. The Kier molecular flexibility index (Phi) is 3.86. The summed E-state index contributed by atoms with van der Waals surface area (Å²) in [6.45, 7) is 1.20. The molecule has 1 amide bonds. The molecule has 0 aliphatic carbocycles. The fraction of sp³-hybridized carbons (Fsp3) is 0.150. The Bertz CT molecular complexity index is 1050. The van der Waals surface area contributed by atoms with Gasteiger partial charge in [0.05, 0.1) is 5.92 Å². The number of carbonyl (C=O) groups excluding carboxylic acids is 1. The van der Waals surface area contributed by atoms with Gasteiger partial charge in [-0.3, -0.25) is 4.79 Å². The normalized spacial score (nSPS) is 14.3. The molecule has 3 aromatic heterocycles. The summed E-state index contributed by atoms with van der Waals surface area (Å²) in [7, 11) is 0. The Hall–Kier alpha value is -3.19. The first-order chi connectivity index (χ1) is 13.3. The molecule has 7 heteroatoms. The summed E-state index contributed by atoms with van der Waals surface area (Å²) in [6, 6.07) is 13.6. The van der Waals surface area contributed by atoms with Crippen LogP contribution >= 0.6 is 11.3 Å². The third-order valence-electron chi connectivity index (χ3n) is 4.76. The van der Waals surface area contributed by atoms with Gasteiger partial charge >= 0.3 is 0 Å². The van der Waals surface area contributed by atoms with Crippen molar-refractivity contribution < 1.29 is 9.32 Å². The molecule has 1 saturated heterocycles. The highest BCUT2D eigenvalue weighted by atomic mass is 32.1. The number of benzene rings is 1. The second kappa shape index (κ2) is 6.51. The summed E-state index contributed by atoms with van der Waals surface area (Å²) in [5.74, 6) is 1.34. The third-order valence-corrected chi connectivity index (χ3v) is 5.44. The van der Waals surface area contributed by atoms with E-state index in [1.807, 2.05) is 75.1 Å². The smallest absolute Gasteiger partial charge is 0.253 e. The highest BCUT2D eigenvalue weighted by Gasteiger charge is 2.36. The molecule has 5 rings (SSSR count). The molecule has 0 N–H and O–H groups in total. The maximum Gasteiger partial charge on any atom is 0.253 e. The van der Waals surface area contributed by atoms with Crippen LogP contribution in [0.3, 0.4) is 0 Å². The molecule has 0 unspecified atom stereocenters. The number of likely N-dealkylation sites (tertiary alicyclic amines) is 1. The van der Waals surface area contributed by atoms with Crippen molar-refractivity contribution in [2.45, 2.75) is 5.92 Å². The van der Waals surface area contributed by atoms with Gasteiger partial charge in [0.2, 0.25) is 11.7 Å². The van der Waals surface area contributed by atoms with Gasteiger partial charge in [-0.1, -0.05) is 5.16 Å². The zero-order valence-electron chi connectivity index (χ0n) is 14.4. The largest absolute Gasteiger partial charge is 0.339 e. The minimum atomic E-state index is 0.0304. The third kappa shape index (κ3) is 2.96. The molecule has 134 valence electrons. The topological polar surface area (TPSA) is 64.2 Å². The summed E-state index contributed by atoms with van der Waals surface area (Å²) in [5.41, 5.74) is 2.68. The van der Waals surface area contributed by atoms with Crippen LogP contribution in [-0.4, -0.2) is 38.6 Å². The maximum absolute atomic E-state index is 12.6. The van der Waals surface area contributed by atoms with E-state index in [4.69, 9.17) is 4.52 Å². The van der Waals surface area contributed by atoms with Crippen molar-refractivity contribution in [2.75, 3.05) is 13.1 Å². The van der Waals surface area contributed by atoms with Crippen molar-refractivity contribution in [3.8, 4) is 17.1 Å². The average molecular weight is 376 g/mol. The lowest BCUT2D eigenvalue weighted by molar-refractivity contribution is 0.0569. The fourth-order valence-corrected chi connectivity index (χ4v) is 3.81. The zero-order valence-corrected chi connectivity index (χ0v) is 15.2. The lowest BCUT2D eigenvalue weighted by atomic mass is 9.98. The Balaban J connectivity index is 1.23. The number of thiophene rings is 1. The Morgan fingerprint density at radius 2 is 1.89 bits per heavy atom. The second-order valence-electron chi connectivity index (χ2n) is 6.51. The van der Waals surface area contributed by atoms with Gasteiger partial charge in [0.1, 0.15) is 0 Å². The van der Waals surface area contributed by atoms with E-state index in [9.17, 15) is 4.79 Å². The van der Waals surface area contributed by atoms with Crippen molar-refractivity contribution >= 4 is 17.2 Å². The van der Waals surface area contributed by atoms with Crippen LogP contribution in [0.2, 0.25) is 0 Å². The van der Waals surface area contributed by atoms with Crippen LogP contribution in [-0.2, 0) is 0 Å². The molecule has 1 aliphatic heterocycles. The summed E-state index contributed by atoms with van der Waals surface area (Å²) in [5, 5.41) is 8.01. The number of amides is 1. The first kappa shape index (κ1) is 16.0. The molecule has 4 aromatic rings. The number of hydrogen-bond donors (Lipinski definition) is 0. The lowest BCUT2D eigenvalue weighted by Crippen LogP contribution is -2.48. The van der Waals surface area contributed by atoms with Gasteiger partial charge in [-0.15, -0.1) is 0 Å². The molecule has 6 nitrogen and oxygen atoms in total. The SMILES string of the molecule is O=C(c1ccc(-n2cccc2)cc1)N1CC(c2nc(-c3ccsc3)no2)C1. The van der Waals surface area contributed by atoms with Gasteiger partial charge in [-0.05, 0) is 47.8 Å². The number of hydrogen-bond acceptors (Lipinski definition) is 5. The summed E-state index contributed by atoms with van der Waals surface area (Å²) in [4.78, 5) is 18.9. The molecule has 1 aliphatic rings. The predicted molar refractivity (Wildman–Crippen MR) is 102 cm³/mol. The summed E-state index contributed by atoms with van der Waals surface area (Å²) in [6.07, 6.45) is 3.96. The molecule has 0 spiro atoms.